The van der Waals surface area contributed by atoms with E-state index in [9.17, 15) is 32.2 Å². The van der Waals surface area contributed by atoms with Gasteiger partial charge in [-0.3, -0.25) is 14.3 Å². The van der Waals surface area contributed by atoms with Gasteiger partial charge in [0, 0.05) is 12.8 Å². The van der Waals surface area contributed by atoms with Crippen LogP contribution in [-0.2, 0) is 21.8 Å². The lowest BCUT2D eigenvalue weighted by Crippen LogP contribution is -2.31. The molecule has 0 aliphatic heterocycles. The second kappa shape index (κ2) is 9.54. The van der Waals surface area contributed by atoms with Crippen molar-refractivity contribution >= 4 is 51.8 Å². The van der Waals surface area contributed by atoms with Gasteiger partial charge in [0.05, 0.1) is 32.8 Å². The number of nitrogens with zero attached hydrogens (tertiary/aromatic N) is 3. The van der Waals surface area contributed by atoms with Crippen LogP contribution >= 0.6 is 23.2 Å². The van der Waals surface area contributed by atoms with Crippen molar-refractivity contribution in [2.75, 3.05) is 18.1 Å². The highest BCUT2D eigenvalue weighted by molar-refractivity contribution is 7.84. The number of amides is 2. The zero-order valence-corrected chi connectivity index (χ0v) is 17.7. The van der Waals surface area contributed by atoms with E-state index < -0.39 is 50.3 Å². The zero-order chi connectivity index (χ0) is 23.5. The molecule has 0 saturated carbocycles. The summed E-state index contributed by atoms with van der Waals surface area (Å²) in [6, 6.07) is 1.88. The fraction of sp³-hybridized carbons (Fsp3) is 0.250. The third kappa shape index (κ3) is 5.66. The number of carbonyl (C=O) groups excluding carboxylic acids is 1. The molecule has 1 unspecified atom stereocenters. The van der Waals surface area contributed by atoms with Crippen LogP contribution in [-0.4, -0.2) is 43.9 Å². The first-order valence-corrected chi connectivity index (χ1v) is 10.4. The van der Waals surface area contributed by atoms with E-state index >= 15 is 0 Å². The van der Waals surface area contributed by atoms with Crippen molar-refractivity contribution in [3.05, 3.63) is 33.4 Å². The molecule has 1 heterocycles. The van der Waals surface area contributed by atoms with Gasteiger partial charge in [0.25, 0.3) is 0 Å². The summed E-state index contributed by atoms with van der Waals surface area (Å²) in [7, 11) is -1.87. The number of benzene rings is 1. The fourth-order valence-electron chi connectivity index (χ4n) is 2.39. The molecule has 31 heavy (non-hydrogen) atoms. The van der Waals surface area contributed by atoms with E-state index in [4.69, 9.17) is 28.3 Å². The number of alkyl halides is 3. The number of carboxylic acid groups (broad SMARTS) is 1. The fourth-order valence-corrected chi connectivity index (χ4v) is 3.80. The van der Waals surface area contributed by atoms with Crippen LogP contribution in [0.2, 0.25) is 10.0 Å². The highest BCUT2D eigenvalue weighted by Gasteiger charge is 2.33. The first-order valence-electron chi connectivity index (χ1n) is 8.06. The standard InChI is InChI=1S/C16H12Cl2F3N5O4S/c1-31(30)13-10(6-22)25-26(14(13)24-15(29)23-3-2-11(27)28)12-8(17)4-7(5-9(12)18)16(19,20)21/h4-5H,2-3H2,1H3,(H,27,28)(H2,23,24,29). The van der Waals surface area contributed by atoms with Crippen LogP contribution < -0.4 is 10.6 Å². The molecule has 0 bridgehead atoms. The molecule has 2 aromatic rings. The first-order chi connectivity index (χ1) is 14.4. The van der Waals surface area contributed by atoms with Gasteiger partial charge in [-0.05, 0) is 12.1 Å². The summed E-state index contributed by atoms with van der Waals surface area (Å²) in [5.41, 5.74) is -1.84. The minimum atomic E-state index is -4.74. The van der Waals surface area contributed by atoms with Crippen molar-refractivity contribution in [2.45, 2.75) is 17.5 Å². The molecule has 1 aromatic carbocycles. The maximum Gasteiger partial charge on any atom is 0.416 e. The van der Waals surface area contributed by atoms with Crippen LogP contribution in [0.25, 0.3) is 5.69 Å². The molecule has 0 radical (unpaired) electrons. The molecule has 0 aliphatic rings. The average Bonchev–Trinajstić information content (AvgIpc) is 2.98. The Kier molecular flexibility index (Phi) is 7.53. The molecule has 15 heteroatoms. The Labute approximate surface area is 185 Å². The van der Waals surface area contributed by atoms with Gasteiger partial charge in [-0.15, -0.1) is 0 Å². The number of aromatic nitrogens is 2. The van der Waals surface area contributed by atoms with Gasteiger partial charge in [-0.25, -0.2) is 9.48 Å². The predicted octanol–water partition coefficient (Wildman–Crippen LogP) is 3.40. The minimum absolute atomic E-state index is 0.233. The van der Waals surface area contributed by atoms with Gasteiger partial charge < -0.3 is 10.4 Å². The van der Waals surface area contributed by atoms with Crippen LogP contribution in [0.3, 0.4) is 0 Å². The van der Waals surface area contributed by atoms with Gasteiger partial charge in [-0.2, -0.15) is 23.5 Å². The van der Waals surface area contributed by atoms with Crippen LogP contribution in [0.4, 0.5) is 23.8 Å². The van der Waals surface area contributed by atoms with Crippen LogP contribution in [0.15, 0.2) is 17.0 Å². The van der Waals surface area contributed by atoms with Crippen LogP contribution in [0, 0.1) is 11.3 Å². The second-order valence-corrected chi connectivity index (χ2v) is 7.95. The van der Waals surface area contributed by atoms with Crippen molar-refractivity contribution in [3.8, 4) is 11.8 Å². The quantitative estimate of drug-likeness (QED) is 0.559. The molecule has 0 saturated heterocycles. The van der Waals surface area contributed by atoms with E-state index in [1.807, 2.05) is 0 Å². The van der Waals surface area contributed by atoms with Crippen molar-refractivity contribution in [2.24, 2.45) is 0 Å². The summed E-state index contributed by atoms with van der Waals surface area (Å²) in [6.07, 6.45) is -3.94. The molecule has 0 spiro atoms. The number of anilines is 1. The largest absolute Gasteiger partial charge is 0.481 e. The van der Waals surface area contributed by atoms with Crippen LogP contribution in [0.1, 0.15) is 17.7 Å². The summed E-state index contributed by atoms with van der Waals surface area (Å²) in [5, 5.41) is 25.3. The number of halogens is 5. The summed E-state index contributed by atoms with van der Waals surface area (Å²) in [4.78, 5) is 22.5. The molecule has 1 aromatic heterocycles. The van der Waals surface area contributed by atoms with E-state index in [1.54, 1.807) is 6.07 Å². The Bertz CT molecular complexity index is 1090. The van der Waals surface area contributed by atoms with Crippen molar-refractivity contribution in [3.63, 3.8) is 0 Å². The van der Waals surface area contributed by atoms with Crippen molar-refractivity contribution in [1.29, 1.82) is 5.26 Å². The number of hydrogen-bond donors (Lipinski definition) is 3. The third-order valence-corrected chi connectivity index (χ3v) is 5.19. The van der Waals surface area contributed by atoms with E-state index in [2.05, 4.69) is 15.7 Å². The summed E-state index contributed by atoms with van der Waals surface area (Å²) in [6.45, 7) is -0.257. The van der Waals surface area contributed by atoms with Crippen LogP contribution in [0.5, 0.6) is 0 Å². The number of urea groups is 1. The van der Waals surface area contributed by atoms with E-state index in [1.165, 1.54) is 6.26 Å². The normalized spacial score (nSPS) is 12.2. The van der Waals surface area contributed by atoms with Crippen molar-refractivity contribution in [1.82, 2.24) is 15.1 Å². The molecular weight excluding hydrogens is 486 g/mol. The molecule has 2 rings (SSSR count). The Morgan fingerprint density at radius 3 is 2.35 bits per heavy atom. The summed E-state index contributed by atoms with van der Waals surface area (Å²) >= 11 is 12.0. The van der Waals surface area contributed by atoms with Gasteiger partial charge >= 0.3 is 18.2 Å². The number of nitriles is 1. The van der Waals surface area contributed by atoms with Gasteiger partial charge in [0.1, 0.15) is 16.7 Å². The predicted molar refractivity (Wildman–Crippen MR) is 105 cm³/mol. The molecular formula is C16H12Cl2F3N5O4S. The highest BCUT2D eigenvalue weighted by Crippen LogP contribution is 2.39. The lowest BCUT2D eigenvalue weighted by atomic mass is 10.2. The second-order valence-electron chi connectivity index (χ2n) is 5.81. The maximum absolute atomic E-state index is 13.0. The third-order valence-electron chi connectivity index (χ3n) is 3.65. The molecule has 9 nitrogen and oxygen atoms in total. The van der Waals surface area contributed by atoms with E-state index in [-0.39, 0.29) is 29.4 Å². The summed E-state index contributed by atoms with van der Waals surface area (Å²) in [5.74, 6) is -1.51. The highest BCUT2D eigenvalue weighted by atomic mass is 35.5. The number of rotatable bonds is 6. The molecule has 0 aliphatic carbocycles. The lowest BCUT2D eigenvalue weighted by molar-refractivity contribution is -0.138. The van der Waals surface area contributed by atoms with Gasteiger partial charge in [0.15, 0.2) is 11.5 Å². The Morgan fingerprint density at radius 1 is 1.32 bits per heavy atom. The van der Waals surface area contributed by atoms with Crippen molar-refractivity contribution < 1.29 is 32.1 Å². The minimum Gasteiger partial charge on any atom is -0.481 e. The smallest absolute Gasteiger partial charge is 0.416 e. The maximum atomic E-state index is 13.0. The lowest BCUT2D eigenvalue weighted by Gasteiger charge is -2.15. The summed E-state index contributed by atoms with van der Waals surface area (Å²) < 4.78 is 52.0. The SMILES string of the molecule is CS(=O)c1c(C#N)nn(-c2c(Cl)cc(C(F)(F)F)cc2Cl)c1NC(=O)NCCC(=O)O. The number of hydrogen-bond acceptors (Lipinski definition) is 5. The average molecular weight is 498 g/mol. The number of aliphatic carboxylic acids is 1. The van der Waals surface area contributed by atoms with E-state index in [0.717, 1.165) is 4.68 Å². The van der Waals surface area contributed by atoms with Gasteiger partial charge in [-0.1, -0.05) is 23.2 Å². The number of carbonyl (C=O) groups is 2. The molecule has 166 valence electrons. The molecule has 3 N–H and O–H groups in total. The monoisotopic (exact) mass is 497 g/mol. The Hall–Kier alpha value is -2.82. The Balaban J connectivity index is 2.61. The first kappa shape index (κ1) is 24.4. The molecule has 1 atom stereocenters. The van der Waals surface area contributed by atoms with Gasteiger partial charge in [0.2, 0.25) is 0 Å². The topological polar surface area (TPSA) is 137 Å². The Morgan fingerprint density at radius 2 is 1.90 bits per heavy atom. The number of nitrogens with one attached hydrogen (secondary N) is 2. The molecule has 2 amide bonds. The zero-order valence-electron chi connectivity index (χ0n) is 15.4. The number of carboxylic acids is 1. The molecule has 0 fully saturated rings. The van der Waals surface area contributed by atoms with E-state index in [0.29, 0.717) is 12.1 Å².